The van der Waals surface area contributed by atoms with E-state index in [2.05, 4.69) is 18.8 Å². The van der Waals surface area contributed by atoms with Crippen LogP contribution in [0, 0.1) is 19.8 Å². The quantitative estimate of drug-likeness (QED) is 0.332. The molecule has 0 spiro atoms. The van der Waals surface area contributed by atoms with Crippen LogP contribution in [0.4, 0.5) is 0 Å². The highest BCUT2D eigenvalue weighted by Gasteiger charge is 2.21. The van der Waals surface area contributed by atoms with Crippen LogP contribution >= 0.6 is 0 Å². The average Bonchev–Trinajstić information content (AvgIpc) is 3.01. The van der Waals surface area contributed by atoms with E-state index in [1.165, 1.54) is 6.08 Å². The molecule has 162 valence electrons. The van der Waals surface area contributed by atoms with E-state index >= 15 is 0 Å². The second-order valence-electron chi connectivity index (χ2n) is 7.48. The Balaban J connectivity index is 2.17. The van der Waals surface area contributed by atoms with Crippen molar-refractivity contribution >= 4 is 17.8 Å². The number of aryl methyl sites for hydroxylation is 1. The topological polar surface area (TPSA) is 77.6 Å². The lowest BCUT2D eigenvalue weighted by molar-refractivity contribution is 0.0519. The fourth-order valence-electron chi connectivity index (χ4n) is 3.09. The number of benzene rings is 1. The van der Waals surface area contributed by atoms with Crippen molar-refractivity contribution in [3.05, 3.63) is 52.4 Å². The van der Waals surface area contributed by atoms with E-state index in [0.717, 1.165) is 12.0 Å². The fraction of sp³-hybridized carbons (Fsp3) is 0.417. The normalized spacial score (nSPS) is 11.2. The number of hydrogen-bond acceptors (Lipinski definition) is 5. The molecular formula is C24H31NO5. The minimum absolute atomic E-state index is 0.187. The summed E-state index contributed by atoms with van der Waals surface area (Å²) in [6.07, 6.45) is 4.17. The molecule has 6 heteroatoms. The van der Waals surface area contributed by atoms with Crippen LogP contribution in [-0.4, -0.2) is 37.1 Å². The van der Waals surface area contributed by atoms with E-state index in [9.17, 15) is 9.59 Å². The van der Waals surface area contributed by atoms with Gasteiger partial charge in [-0.1, -0.05) is 26.0 Å². The second kappa shape index (κ2) is 10.7. The number of nitrogens with one attached hydrogen (secondary N) is 1. The summed E-state index contributed by atoms with van der Waals surface area (Å²) < 4.78 is 16.3. The van der Waals surface area contributed by atoms with Crippen molar-refractivity contribution in [2.45, 2.75) is 41.0 Å². The van der Waals surface area contributed by atoms with Crippen molar-refractivity contribution < 1.29 is 23.8 Å². The van der Waals surface area contributed by atoms with E-state index in [1.54, 1.807) is 34.0 Å². The first kappa shape index (κ1) is 23.3. The second-order valence-corrected chi connectivity index (χ2v) is 7.48. The standard InChI is InChI=1S/C24H31NO5/c1-7-29-24(27)23-16(4)22(17(5)25-23)19(26)10-8-18-9-11-20(21(14-18)28-6)30-13-12-15(2)3/h8-11,14-15,25H,7,12-13H2,1-6H3/b10-8+. The van der Waals surface area contributed by atoms with Crippen LogP contribution < -0.4 is 9.47 Å². The Hall–Kier alpha value is -3.02. The number of carbonyl (C=O) groups is 2. The summed E-state index contributed by atoms with van der Waals surface area (Å²) >= 11 is 0. The van der Waals surface area contributed by atoms with Crippen molar-refractivity contribution in [1.29, 1.82) is 0 Å². The molecule has 0 saturated heterocycles. The number of esters is 1. The number of hydrogen-bond donors (Lipinski definition) is 1. The fourth-order valence-corrected chi connectivity index (χ4v) is 3.09. The van der Waals surface area contributed by atoms with E-state index in [1.807, 2.05) is 18.2 Å². The SMILES string of the molecule is CCOC(=O)c1[nH]c(C)c(C(=O)/C=C/c2ccc(OCCC(C)C)c(OC)c2)c1C. The van der Waals surface area contributed by atoms with Crippen LogP contribution in [0.2, 0.25) is 0 Å². The van der Waals surface area contributed by atoms with Crippen molar-refractivity contribution in [3.63, 3.8) is 0 Å². The molecule has 0 amide bonds. The van der Waals surface area contributed by atoms with Gasteiger partial charge in [0.25, 0.3) is 0 Å². The highest BCUT2D eigenvalue weighted by molar-refractivity contribution is 6.10. The van der Waals surface area contributed by atoms with Gasteiger partial charge < -0.3 is 19.2 Å². The number of ketones is 1. The van der Waals surface area contributed by atoms with Crippen LogP contribution in [0.3, 0.4) is 0 Å². The number of carbonyl (C=O) groups excluding carboxylic acids is 2. The van der Waals surface area contributed by atoms with Crippen LogP contribution in [0.15, 0.2) is 24.3 Å². The zero-order chi connectivity index (χ0) is 22.3. The summed E-state index contributed by atoms with van der Waals surface area (Å²) in [6.45, 7) is 10.4. The molecule has 0 aliphatic heterocycles. The molecule has 0 unspecified atom stereocenters. The van der Waals surface area contributed by atoms with Crippen molar-refractivity contribution in [1.82, 2.24) is 4.98 Å². The van der Waals surface area contributed by atoms with E-state index in [-0.39, 0.29) is 12.4 Å². The third kappa shape index (κ3) is 5.75. The van der Waals surface area contributed by atoms with Gasteiger partial charge in [0, 0.05) is 11.3 Å². The van der Waals surface area contributed by atoms with E-state index in [0.29, 0.717) is 46.5 Å². The summed E-state index contributed by atoms with van der Waals surface area (Å²) in [5.74, 6) is 1.21. The van der Waals surface area contributed by atoms with Gasteiger partial charge in [0.05, 0.1) is 20.3 Å². The molecule has 0 radical (unpaired) electrons. The molecule has 0 atom stereocenters. The zero-order valence-electron chi connectivity index (χ0n) is 18.6. The van der Waals surface area contributed by atoms with Crippen molar-refractivity contribution in [2.75, 3.05) is 20.3 Å². The maximum Gasteiger partial charge on any atom is 0.355 e. The summed E-state index contributed by atoms with van der Waals surface area (Å²) in [5.41, 5.74) is 2.84. The van der Waals surface area contributed by atoms with Gasteiger partial charge in [0.15, 0.2) is 17.3 Å². The molecule has 0 aliphatic rings. The van der Waals surface area contributed by atoms with E-state index in [4.69, 9.17) is 14.2 Å². The summed E-state index contributed by atoms with van der Waals surface area (Å²) in [6, 6.07) is 5.54. The third-order valence-corrected chi connectivity index (χ3v) is 4.73. The Morgan fingerprint density at radius 2 is 1.90 bits per heavy atom. The number of H-pyrrole nitrogens is 1. The smallest absolute Gasteiger partial charge is 0.355 e. The molecule has 2 rings (SSSR count). The predicted molar refractivity (Wildman–Crippen MR) is 118 cm³/mol. The lowest BCUT2D eigenvalue weighted by Gasteiger charge is -2.12. The number of allylic oxidation sites excluding steroid dienone is 1. The van der Waals surface area contributed by atoms with Crippen LogP contribution in [0.5, 0.6) is 11.5 Å². The maximum absolute atomic E-state index is 12.8. The maximum atomic E-state index is 12.8. The largest absolute Gasteiger partial charge is 0.493 e. The van der Waals surface area contributed by atoms with Crippen molar-refractivity contribution in [3.8, 4) is 11.5 Å². The Bertz CT molecular complexity index is 924. The van der Waals surface area contributed by atoms with Gasteiger partial charge in [-0.15, -0.1) is 0 Å². The summed E-state index contributed by atoms with van der Waals surface area (Å²) in [5, 5.41) is 0. The molecule has 1 aromatic heterocycles. The summed E-state index contributed by atoms with van der Waals surface area (Å²) in [4.78, 5) is 27.8. The molecular weight excluding hydrogens is 382 g/mol. The Morgan fingerprint density at radius 3 is 2.53 bits per heavy atom. The molecule has 0 fully saturated rings. The molecule has 1 heterocycles. The van der Waals surface area contributed by atoms with E-state index < -0.39 is 5.97 Å². The zero-order valence-corrected chi connectivity index (χ0v) is 18.6. The number of methoxy groups -OCH3 is 1. The molecule has 1 N–H and O–H groups in total. The van der Waals surface area contributed by atoms with Gasteiger partial charge in [-0.25, -0.2) is 4.79 Å². The monoisotopic (exact) mass is 413 g/mol. The highest BCUT2D eigenvalue weighted by Crippen LogP contribution is 2.29. The van der Waals surface area contributed by atoms with Gasteiger partial charge in [-0.2, -0.15) is 0 Å². The minimum Gasteiger partial charge on any atom is -0.493 e. The van der Waals surface area contributed by atoms with Crippen LogP contribution in [0.1, 0.15) is 64.9 Å². The van der Waals surface area contributed by atoms with Crippen molar-refractivity contribution in [2.24, 2.45) is 5.92 Å². The molecule has 30 heavy (non-hydrogen) atoms. The van der Waals surface area contributed by atoms with Gasteiger partial charge in [0.1, 0.15) is 5.69 Å². The van der Waals surface area contributed by atoms with Gasteiger partial charge >= 0.3 is 5.97 Å². The Morgan fingerprint density at radius 1 is 1.17 bits per heavy atom. The molecule has 0 saturated carbocycles. The molecule has 0 aliphatic carbocycles. The summed E-state index contributed by atoms with van der Waals surface area (Å²) in [7, 11) is 1.59. The molecule has 0 bridgehead atoms. The number of aromatic amines is 1. The van der Waals surface area contributed by atoms with Gasteiger partial charge in [-0.05, 0) is 62.4 Å². The molecule has 1 aromatic carbocycles. The lowest BCUT2D eigenvalue weighted by Crippen LogP contribution is -2.07. The lowest BCUT2D eigenvalue weighted by atomic mass is 10.0. The first-order chi connectivity index (χ1) is 14.3. The highest BCUT2D eigenvalue weighted by atomic mass is 16.5. The molecule has 6 nitrogen and oxygen atoms in total. The number of ether oxygens (including phenoxy) is 3. The van der Waals surface area contributed by atoms with Gasteiger partial charge in [0.2, 0.25) is 0 Å². The van der Waals surface area contributed by atoms with Gasteiger partial charge in [-0.3, -0.25) is 4.79 Å². The number of rotatable bonds is 10. The van der Waals surface area contributed by atoms with Crippen LogP contribution in [-0.2, 0) is 4.74 Å². The minimum atomic E-state index is -0.459. The van der Waals surface area contributed by atoms with Crippen LogP contribution in [0.25, 0.3) is 6.08 Å². The predicted octanol–water partition coefficient (Wildman–Crippen LogP) is 5.14. The molecule has 2 aromatic rings. The Labute approximate surface area is 178 Å². The third-order valence-electron chi connectivity index (χ3n) is 4.73. The Kier molecular flexibility index (Phi) is 8.27. The average molecular weight is 414 g/mol. The number of aromatic nitrogens is 1. The first-order valence-corrected chi connectivity index (χ1v) is 10.2. The first-order valence-electron chi connectivity index (χ1n) is 10.2.